The summed E-state index contributed by atoms with van der Waals surface area (Å²) in [5.41, 5.74) is 6.29. The van der Waals surface area contributed by atoms with E-state index in [1.165, 1.54) is 11.8 Å². The molecule has 5 aromatic rings. The van der Waals surface area contributed by atoms with E-state index in [4.69, 9.17) is 4.74 Å². The number of thioether (sulfide) groups is 1. The number of nitrogens with zero attached hydrogens (tertiary/aromatic N) is 5. The summed E-state index contributed by atoms with van der Waals surface area (Å²) in [6.07, 6.45) is 3.72. The molecule has 0 saturated carbocycles. The van der Waals surface area contributed by atoms with Crippen molar-refractivity contribution in [3.8, 4) is 17.0 Å². The lowest BCUT2D eigenvalue weighted by atomic mass is 10.1. The van der Waals surface area contributed by atoms with E-state index in [9.17, 15) is 4.79 Å². The third-order valence-corrected chi connectivity index (χ3v) is 6.31. The first kappa shape index (κ1) is 21.0. The van der Waals surface area contributed by atoms with Crippen molar-refractivity contribution in [3.63, 3.8) is 0 Å². The number of hydrogen-bond acceptors (Lipinski definition) is 6. The van der Waals surface area contributed by atoms with Crippen LogP contribution in [0.3, 0.4) is 0 Å². The number of ether oxygens (including phenoxy) is 1. The number of carbonyl (C=O) groups excluding carboxylic acids is 1. The summed E-state index contributed by atoms with van der Waals surface area (Å²) in [5, 5.41) is 16.9. The van der Waals surface area contributed by atoms with Crippen molar-refractivity contribution in [3.05, 3.63) is 72.1 Å². The summed E-state index contributed by atoms with van der Waals surface area (Å²) in [4.78, 5) is 12.5. The molecule has 0 atom stereocenters. The van der Waals surface area contributed by atoms with Gasteiger partial charge in [-0.25, -0.2) is 4.52 Å². The molecule has 0 aliphatic heterocycles. The number of methoxy groups -OCH3 is 1. The summed E-state index contributed by atoms with van der Waals surface area (Å²) in [6.45, 7) is 3.98. The van der Waals surface area contributed by atoms with Crippen LogP contribution in [0, 0.1) is 13.8 Å². The monoisotopic (exact) mass is 458 g/mol. The summed E-state index contributed by atoms with van der Waals surface area (Å²) < 4.78 is 8.89. The highest BCUT2D eigenvalue weighted by atomic mass is 32.2. The molecule has 8 nitrogen and oxygen atoms in total. The number of amides is 1. The van der Waals surface area contributed by atoms with Gasteiger partial charge in [0.1, 0.15) is 11.3 Å². The van der Waals surface area contributed by atoms with E-state index < -0.39 is 0 Å². The molecule has 5 rings (SSSR count). The topological polar surface area (TPSA) is 85.8 Å². The average Bonchev–Trinajstić information content (AvgIpc) is 3.44. The Morgan fingerprint density at radius 3 is 2.67 bits per heavy atom. The molecule has 3 aromatic heterocycles. The van der Waals surface area contributed by atoms with Gasteiger partial charge in [0.25, 0.3) is 0 Å². The van der Waals surface area contributed by atoms with Gasteiger partial charge >= 0.3 is 0 Å². The molecular formula is C24H22N6O2S. The van der Waals surface area contributed by atoms with Gasteiger partial charge in [-0.2, -0.15) is 5.10 Å². The van der Waals surface area contributed by atoms with Gasteiger partial charge in [-0.1, -0.05) is 23.9 Å². The first-order valence-electron chi connectivity index (χ1n) is 10.4. The second-order valence-corrected chi connectivity index (χ2v) is 8.66. The molecule has 9 heteroatoms. The first-order valence-corrected chi connectivity index (χ1v) is 11.4. The van der Waals surface area contributed by atoms with Crippen molar-refractivity contribution in [2.24, 2.45) is 0 Å². The number of carbonyl (C=O) groups is 1. The molecule has 0 saturated heterocycles. The number of rotatable bonds is 6. The van der Waals surface area contributed by atoms with Crippen LogP contribution in [0.4, 0.5) is 5.69 Å². The number of anilines is 1. The van der Waals surface area contributed by atoms with E-state index in [0.29, 0.717) is 10.8 Å². The number of aromatic nitrogens is 5. The van der Waals surface area contributed by atoms with Gasteiger partial charge in [-0.3, -0.25) is 9.20 Å². The van der Waals surface area contributed by atoms with E-state index in [0.717, 1.165) is 39.3 Å². The van der Waals surface area contributed by atoms with Crippen LogP contribution in [0.25, 0.3) is 22.4 Å². The molecule has 2 aromatic carbocycles. The highest BCUT2D eigenvalue weighted by Gasteiger charge is 2.14. The summed E-state index contributed by atoms with van der Waals surface area (Å²) in [5.74, 6) is 0.943. The van der Waals surface area contributed by atoms with Crippen LogP contribution in [0.2, 0.25) is 0 Å². The van der Waals surface area contributed by atoms with Crippen molar-refractivity contribution >= 4 is 34.5 Å². The maximum Gasteiger partial charge on any atom is 0.234 e. The maximum absolute atomic E-state index is 12.5. The largest absolute Gasteiger partial charge is 0.497 e. The zero-order valence-electron chi connectivity index (χ0n) is 18.4. The van der Waals surface area contributed by atoms with Crippen LogP contribution in [0.5, 0.6) is 5.75 Å². The quantitative estimate of drug-likeness (QED) is 0.380. The highest BCUT2D eigenvalue weighted by molar-refractivity contribution is 7.99. The SMILES string of the molecule is COc1ccc(-c2cc3c4nnc(SCC(=O)Nc5cc(C)ccc5C)n4ccn3n2)cc1. The minimum absolute atomic E-state index is 0.0855. The van der Waals surface area contributed by atoms with Crippen LogP contribution in [0.15, 0.2) is 66.1 Å². The molecule has 33 heavy (non-hydrogen) atoms. The van der Waals surface area contributed by atoms with Gasteiger partial charge in [0, 0.05) is 23.6 Å². The van der Waals surface area contributed by atoms with E-state index >= 15 is 0 Å². The predicted octanol–water partition coefficient (Wildman–Crippen LogP) is 4.40. The summed E-state index contributed by atoms with van der Waals surface area (Å²) >= 11 is 1.34. The predicted molar refractivity (Wildman–Crippen MR) is 129 cm³/mol. The Morgan fingerprint density at radius 1 is 1.06 bits per heavy atom. The van der Waals surface area contributed by atoms with E-state index in [1.807, 2.05) is 79.2 Å². The molecule has 1 N–H and O–H groups in total. The Bertz CT molecular complexity index is 1470. The number of hydrogen-bond donors (Lipinski definition) is 1. The lowest BCUT2D eigenvalue weighted by Crippen LogP contribution is -2.15. The van der Waals surface area contributed by atoms with Crippen LogP contribution in [0.1, 0.15) is 11.1 Å². The van der Waals surface area contributed by atoms with Crippen molar-refractivity contribution in [1.29, 1.82) is 0 Å². The Hall–Kier alpha value is -3.85. The van der Waals surface area contributed by atoms with Gasteiger partial charge in [0.2, 0.25) is 5.91 Å². The standard InChI is InChI=1S/C24H22N6O2S/c1-15-4-5-16(2)19(12-15)25-22(31)14-33-24-27-26-23-21-13-20(28-30(21)11-10-29(23)24)17-6-8-18(32-3)9-7-17/h4-13H,14H2,1-3H3,(H,25,31). The van der Waals surface area contributed by atoms with Gasteiger partial charge < -0.3 is 10.1 Å². The number of benzene rings is 2. The Kier molecular flexibility index (Phi) is 5.47. The zero-order chi connectivity index (χ0) is 22.9. The van der Waals surface area contributed by atoms with E-state index in [1.54, 1.807) is 11.6 Å². The average molecular weight is 459 g/mol. The van der Waals surface area contributed by atoms with Crippen LogP contribution in [-0.2, 0) is 4.79 Å². The number of fused-ring (bicyclic) bond motifs is 3. The molecule has 0 aliphatic rings. The molecule has 3 heterocycles. The van der Waals surface area contributed by atoms with Gasteiger partial charge in [0.05, 0.1) is 18.6 Å². The minimum Gasteiger partial charge on any atom is -0.497 e. The number of aryl methyl sites for hydroxylation is 2. The van der Waals surface area contributed by atoms with Crippen molar-refractivity contribution in [2.75, 3.05) is 18.2 Å². The molecule has 0 bridgehead atoms. The minimum atomic E-state index is -0.0855. The van der Waals surface area contributed by atoms with Crippen LogP contribution >= 0.6 is 11.8 Å². The summed E-state index contributed by atoms with van der Waals surface area (Å²) in [7, 11) is 1.64. The van der Waals surface area contributed by atoms with Gasteiger partial charge in [0.15, 0.2) is 10.8 Å². The molecular weight excluding hydrogens is 436 g/mol. The molecule has 166 valence electrons. The second kappa shape index (κ2) is 8.59. The van der Waals surface area contributed by atoms with Gasteiger partial charge in [-0.05, 0) is 61.4 Å². The third kappa shape index (κ3) is 4.14. The van der Waals surface area contributed by atoms with Crippen molar-refractivity contribution in [2.45, 2.75) is 19.0 Å². The van der Waals surface area contributed by atoms with Crippen LogP contribution < -0.4 is 10.1 Å². The smallest absolute Gasteiger partial charge is 0.234 e. The molecule has 0 aliphatic carbocycles. The fraction of sp³-hybridized carbons (Fsp3) is 0.167. The Morgan fingerprint density at radius 2 is 1.88 bits per heavy atom. The first-order chi connectivity index (χ1) is 16.0. The molecule has 1 amide bonds. The fourth-order valence-electron chi connectivity index (χ4n) is 3.58. The maximum atomic E-state index is 12.5. The van der Waals surface area contributed by atoms with Gasteiger partial charge in [-0.15, -0.1) is 10.2 Å². The third-order valence-electron chi connectivity index (χ3n) is 5.37. The molecule has 0 unspecified atom stereocenters. The fourth-order valence-corrected chi connectivity index (χ4v) is 4.30. The molecule has 0 radical (unpaired) electrons. The Balaban J connectivity index is 1.36. The van der Waals surface area contributed by atoms with Crippen molar-refractivity contribution < 1.29 is 9.53 Å². The number of nitrogens with one attached hydrogen (secondary N) is 1. The normalized spacial score (nSPS) is 11.2. The lowest BCUT2D eigenvalue weighted by molar-refractivity contribution is -0.113. The van der Waals surface area contributed by atoms with E-state index in [-0.39, 0.29) is 11.7 Å². The second-order valence-electron chi connectivity index (χ2n) is 7.72. The zero-order valence-corrected chi connectivity index (χ0v) is 19.3. The van der Waals surface area contributed by atoms with Crippen molar-refractivity contribution in [1.82, 2.24) is 24.2 Å². The highest BCUT2D eigenvalue weighted by Crippen LogP contribution is 2.26. The molecule has 0 spiro atoms. The molecule has 0 fully saturated rings. The summed E-state index contributed by atoms with van der Waals surface area (Å²) in [6, 6.07) is 15.7. The lowest BCUT2D eigenvalue weighted by Gasteiger charge is -2.09. The van der Waals surface area contributed by atoms with E-state index in [2.05, 4.69) is 20.6 Å². The Labute approximate surface area is 194 Å². The van der Waals surface area contributed by atoms with Crippen LogP contribution in [-0.4, -0.2) is 43.0 Å².